The summed E-state index contributed by atoms with van der Waals surface area (Å²) in [5.74, 6) is -0.298. The first-order valence-electron chi connectivity index (χ1n) is 8.28. The Kier molecular flexibility index (Phi) is 4.00. The molecule has 0 bridgehead atoms. The van der Waals surface area contributed by atoms with Gasteiger partial charge in [-0.1, -0.05) is 17.7 Å². The molecule has 4 rings (SSSR count). The van der Waals surface area contributed by atoms with Gasteiger partial charge >= 0.3 is 0 Å². The third kappa shape index (κ3) is 2.76. The van der Waals surface area contributed by atoms with Gasteiger partial charge in [0.2, 0.25) is 0 Å². The van der Waals surface area contributed by atoms with Gasteiger partial charge in [0.15, 0.2) is 0 Å². The van der Waals surface area contributed by atoms with Crippen molar-refractivity contribution in [1.29, 1.82) is 0 Å². The molecule has 0 saturated heterocycles. The molecule has 2 aromatic carbocycles. The topological polar surface area (TPSA) is 34.4 Å². The molecule has 2 heterocycles. The molecule has 0 spiro atoms. The van der Waals surface area contributed by atoms with Crippen molar-refractivity contribution < 1.29 is 4.39 Å². The number of aromatic nitrogens is 1. The van der Waals surface area contributed by atoms with Gasteiger partial charge in [0.1, 0.15) is 5.82 Å². The first kappa shape index (κ1) is 16.7. The smallest absolute Gasteiger partial charge is 0.250 e. The molecule has 0 fully saturated rings. The lowest BCUT2D eigenvalue weighted by atomic mass is 9.92. The van der Waals surface area contributed by atoms with Crippen LogP contribution in [0.3, 0.4) is 0 Å². The number of rotatable bonds is 1. The highest BCUT2D eigenvalue weighted by molar-refractivity contribution is 6.31. The summed E-state index contributed by atoms with van der Waals surface area (Å²) in [5, 5.41) is 0.597. The molecular formula is C21H16ClFN2O. The molecule has 1 unspecified atom stereocenters. The molecule has 5 heteroatoms. The van der Waals surface area contributed by atoms with E-state index in [1.54, 1.807) is 29.8 Å². The zero-order chi connectivity index (χ0) is 18.4. The van der Waals surface area contributed by atoms with E-state index in [2.05, 4.69) is 0 Å². The Bertz CT molecular complexity index is 1100. The van der Waals surface area contributed by atoms with Crippen molar-refractivity contribution in [1.82, 2.24) is 4.57 Å². The van der Waals surface area contributed by atoms with Crippen LogP contribution in [-0.2, 0) is 7.05 Å². The number of nitrogens with zero attached hydrogens (tertiary/aromatic N) is 2. The molecule has 3 nitrogen and oxygen atoms in total. The fraction of sp³-hybridized carbons (Fsp3) is 0.143. The quantitative estimate of drug-likeness (QED) is 0.611. The maximum absolute atomic E-state index is 13.4. The highest BCUT2D eigenvalue weighted by atomic mass is 35.5. The maximum Gasteiger partial charge on any atom is 0.250 e. The first-order valence-corrected chi connectivity index (χ1v) is 8.66. The second-order valence-electron chi connectivity index (χ2n) is 6.44. The van der Waals surface area contributed by atoms with Crippen LogP contribution in [0.4, 0.5) is 4.39 Å². The Morgan fingerprint density at radius 2 is 1.77 bits per heavy atom. The Morgan fingerprint density at radius 1 is 1.04 bits per heavy atom. The number of pyridine rings is 1. The van der Waals surface area contributed by atoms with E-state index in [9.17, 15) is 9.18 Å². The summed E-state index contributed by atoms with van der Waals surface area (Å²) in [6.45, 7) is 1.95. The van der Waals surface area contributed by atoms with Crippen LogP contribution in [0.1, 0.15) is 29.7 Å². The zero-order valence-electron chi connectivity index (χ0n) is 14.3. The molecule has 0 N–H and O–H groups in total. The average Bonchev–Trinajstić information content (AvgIpc) is 2.72. The Morgan fingerprint density at radius 3 is 2.50 bits per heavy atom. The van der Waals surface area contributed by atoms with E-state index in [0.29, 0.717) is 5.02 Å². The Labute approximate surface area is 155 Å². The fourth-order valence-corrected chi connectivity index (χ4v) is 3.50. The number of halogens is 2. The van der Waals surface area contributed by atoms with Crippen LogP contribution in [0, 0.1) is 5.82 Å². The number of benzene rings is 2. The standard InChI is InChI=1S/C21H16ClFN2O/c1-12-17-10-20(26)25(2)11-19(17)16-8-5-14(22)9-18(16)21(24-12)13-3-6-15(23)7-4-13/h3-12H,1-2H3. The second kappa shape index (κ2) is 6.22. The van der Waals surface area contributed by atoms with E-state index in [0.717, 1.165) is 33.5 Å². The number of hydrogen-bond donors (Lipinski definition) is 0. The van der Waals surface area contributed by atoms with E-state index < -0.39 is 0 Å². The van der Waals surface area contributed by atoms with Gasteiger partial charge in [-0.25, -0.2) is 4.39 Å². The summed E-state index contributed by atoms with van der Waals surface area (Å²) >= 11 is 6.26. The summed E-state index contributed by atoms with van der Waals surface area (Å²) in [6, 6.07) is 13.3. The van der Waals surface area contributed by atoms with E-state index >= 15 is 0 Å². The summed E-state index contributed by atoms with van der Waals surface area (Å²) in [4.78, 5) is 17.0. The van der Waals surface area contributed by atoms with Gasteiger partial charge in [0.05, 0.1) is 11.8 Å². The number of aryl methyl sites for hydroxylation is 1. The minimum atomic E-state index is -0.298. The molecule has 1 aliphatic heterocycles. The lowest BCUT2D eigenvalue weighted by molar-refractivity contribution is 0.628. The molecule has 0 radical (unpaired) electrons. The van der Waals surface area contributed by atoms with Crippen molar-refractivity contribution in [3.8, 4) is 11.1 Å². The van der Waals surface area contributed by atoms with E-state index in [-0.39, 0.29) is 17.4 Å². The molecule has 3 aromatic rings. The third-order valence-electron chi connectivity index (χ3n) is 4.68. The number of hydrogen-bond acceptors (Lipinski definition) is 2. The van der Waals surface area contributed by atoms with Crippen molar-refractivity contribution in [3.05, 3.63) is 92.6 Å². The molecule has 0 aliphatic carbocycles. The first-order chi connectivity index (χ1) is 12.4. The van der Waals surface area contributed by atoms with Gasteiger partial charge in [-0.3, -0.25) is 9.79 Å². The lowest BCUT2D eigenvalue weighted by Crippen LogP contribution is -2.17. The summed E-state index contributed by atoms with van der Waals surface area (Å²) in [7, 11) is 1.73. The molecule has 0 amide bonds. The predicted molar refractivity (Wildman–Crippen MR) is 103 cm³/mol. The van der Waals surface area contributed by atoms with Crippen molar-refractivity contribution in [2.24, 2.45) is 12.0 Å². The van der Waals surface area contributed by atoms with Gasteiger partial charge in [-0.2, -0.15) is 0 Å². The fourth-order valence-electron chi connectivity index (χ4n) is 3.33. The van der Waals surface area contributed by atoms with Crippen LogP contribution in [-0.4, -0.2) is 10.3 Å². The van der Waals surface area contributed by atoms with E-state index in [4.69, 9.17) is 16.6 Å². The van der Waals surface area contributed by atoms with E-state index in [1.807, 2.05) is 31.3 Å². The SMILES string of the molecule is CC1N=C(c2ccc(F)cc2)c2cc(Cl)ccc2-c2cn(C)c(=O)cc21. The van der Waals surface area contributed by atoms with Crippen LogP contribution in [0.25, 0.3) is 11.1 Å². The van der Waals surface area contributed by atoms with Crippen molar-refractivity contribution in [2.45, 2.75) is 13.0 Å². The second-order valence-corrected chi connectivity index (χ2v) is 6.88. The third-order valence-corrected chi connectivity index (χ3v) is 4.91. The van der Waals surface area contributed by atoms with Crippen LogP contribution < -0.4 is 5.56 Å². The van der Waals surface area contributed by atoms with Gasteiger partial charge < -0.3 is 4.57 Å². The van der Waals surface area contributed by atoms with E-state index in [1.165, 1.54) is 12.1 Å². The Balaban J connectivity index is 2.05. The number of aliphatic imine (C=N–C) groups is 1. The van der Waals surface area contributed by atoms with Crippen molar-refractivity contribution >= 4 is 17.3 Å². The van der Waals surface area contributed by atoms with Crippen LogP contribution in [0.5, 0.6) is 0 Å². The highest BCUT2D eigenvalue weighted by Gasteiger charge is 2.23. The number of fused-ring (bicyclic) bond motifs is 3. The molecule has 1 aliphatic rings. The van der Waals surface area contributed by atoms with Gasteiger partial charge in [0.25, 0.3) is 5.56 Å². The summed E-state index contributed by atoms with van der Waals surface area (Å²) in [6.07, 6.45) is 1.84. The zero-order valence-corrected chi connectivity index (χ0v) is 15.1. The van der Waals surface area contributed by atoms with Crippen molar-refractivity contribution in [3.63, 3.8) is 0 Å². The van der Waals surface area contributed by atoms with Gasteiger partial charge in [-0.05, 0) is 54.4 Å². The molecule has 0 saturated carbocycles. The summed E-state index contributed by atoms with van der Waals surface area (Å²) in [5.41, 5.74) is 5.11. The minimum absolute atomic E-state index is 0.0773. The van der Waals surface area contributed by atoms with Gasteiger partial charge in [-0.15, -0.1) is 0 Å². The largest absolute Gasteiger partial charge is 0.318 e. The van der Waals surface area contributed by atoms with Crippen LogP contribution in [0.2, 0.25) is 5.02 Å². The molecular weight excluding hydrogens is 351 g/mol. The van der Waals surface area contributed by atoms with Gasteiger partial charge in [0, 0.05) is 41.0 Å². The molecule has 26 heavy (non-hydrogen) atoms. The molecule has 130 valence electrons. The maximum atomic E-state index is 13.4. The monoisotopic (exact) mass is 366 g/mol. The highest BCUT2D eigenvalue weighted by Crippen LogP contribution is 2.37. The molecule has 1 atom stereocenters. The summed E-state index contributed by atoms with van der Waals surface area (Å²) < 4.78 is 14.9. The predicted octanol–water partition coefficient (Wildman–Crippen LogP) is 4.76. The lowest BCUT2D eigenvalue weighted by Gasteiger charge is -2.13. The Hall–Kier alpha value is -2.72. The molecule has 1 aromatic heterocycles. The average molecular weight is 367 g/mol. The van der Waals surface area contributed by atoms with Crippen LogP contribution in [0.15, 0.2) is 64.5 Å². The van der Waals surface area contributed by atoms with Crippen LogP contribution >= 0.6 is 11.6 Å². The normalized spacial score (nSPS) is 15.7. The van der Waals surface area contributed by atoms with Crippen molar-refractivity contribution in [2.75, 3.05) is 0 Å². The minimum Gasteiger partial charge on any atom is -0.318 e.